The van der Waals surface area contributed by atoms with Gasteiger partial charge >= 0.3 is 0 Å². The number of aromatic nitrogens is 4. The predicted octanol–water partition coefficient (Wildman–Crippen LogP) is 6.09. The number of anilines is 1. The molecule has 6 nitrogen and oxygen atoms in total. The molecule has 0 aliphatic carbocycles. The minimum absolute atomic E-state index is 0.446. The van der Waals surface area contributed by atoms with E-state index in [9.17, 15) is 0 Å². The average molecular weight is 533 g/mol. The van der Waals surface area contributed by atoms with E-state index < -0.39 is 0 Å². The largest absolute Gasteiger partial charge is 0.366 e. The maximum absolute atomic E-state index is 5.00. The summed E-state index contributed by atoms with van der Waals surface area (Å²) in [6.07, 6.45) is 7.72. The van der Waals surface area contributed by atoms with Gasteiger partial charge in [0.1, 0.15) is 5.82 Å². The Bertz CT molecular complexity index is 1420. The van der Waals surface area contributed by atoms with E-state index in [4.69, 9.17) is 4.98 Å². The zero-order valence-electron chi connectivity index (χ0n) is 18.7. The molecule has 0 amide bonds. The molecular weight excluding hydrogens is 508 g/mol. The molecular formula is C26H25BrN6S. The quantitative estimate of drug-likeness (QED) is 0.286. The lowest BCUT2D eigenvalue weighted by molar-refractivity contribution is 0.204. The van der Waals surface area contributed by atoms with Gasteiger partial charge in [-0.05, 0) is 75.9 Å². The number of nitrogens with one attached hydrogen (secondary N) is 1. The van der Waals surface area contributed by atoms with E-state index in [1.807, 2.05) is 34.3 Å². The minimum atomic E-state index is 0.446. The van der Waals surface area contributed by atoms with Gasteiger partial charge in [-0.25, -0.2) is 4.98 Å². The molecule has 1 aliphatic rings. The SMILES string of the molecule is Brc1cnn2c(NCc3cccnc3)cc(C3CCN(Cc4csc5ccccc45)CC3)nc12. The first-order valence-electron chi connectivity index (χ1n) is 11.6. The second-order valence-electron chi connectivity index (χ2n) is 8.82. The second kappa shape index (κ2) is 9.44. The van der Waals surface area contributed by atoms with Crippen LogP contribution in [0.3, 0.4) is 0 Å². The van der Waals surface area contributed by atoms with Crippen LogP contribution in [0.5, 0.6) is 0 Å². The first kappa shape index (κ1) is 21.7. The van der Waals surface area contributed by atoms with Crippen molar-refractivity contribution in [2.24, 2.45) is 0 Å². The van der Waals surface area contributed by atoms with E-state index in [1.165, 1.54) is 15.6 Å². The number of likely N-dealkylation sites (tertiary alicyclic amines) is 1. The van der Waals surface area contributed by atoms with Gasteiger partial charge in [0.25, 0.3) is 0 Å². The molecule has 6 rings (SSSR count). The summed E-state index contributed by atoms with van der Waals surface area (Å²) in [4.78, 5) is 11.8. The van der Waals surface area contributed by atoms with Crippen LogP contribution in [0.25, 0.3) is 15.7 Å². The maximum Gasteiger partial charge on any atom is 0.171 e. The third-order valence-electron chi connectivity index (χ3n) is 6.61. The lowest BCUT2D eigenvalue weighted by Gasteiger charge is -2.31. The lowest BCUT2D eigenvalue weighted by Crippen LogP contribution is -2.32. The lowest BCUT2D eigenvalue weighted by atomic mass is 9.93. The predicted molar refractivity (Wildman–Crippen MR) is 141 cm³/mol. The topological polar surface area (TPSA) is 58.4 Å². The van der Waals surface area contributed by atoms with Crippen LogP contribution >= 0.6 is 27.3 Å². The average Bonchev–Trinajstić information content (AvgIpc) is 3.47. The molecule has 5 heterocycles. The zero-order valence-corrected chi connectivity index (χ0v) is 21.1. The van der Waals surface area contributed by atoms with Crippen LogP contribution in [0.2, 0.25) is 0 Å². The van der Waals surface area contributed by atoms with Crippen molar-refractivity contribution in [1.82, 2.24) is 24.5 Å². The Hall–Kier alpha value is -2.81. The van der Waals surface area contributed by atoms with Crippen molar-refractivity contribution >= 4 is 48.8 Å². The number of benzene rings is 1. The molecule has 4 aromatic heterocycles. The third-order valence-corrected chi connectivity index (χ3v) is 8.18. The fraction of sp³-hybridized carbons (Fsp3) is 0.269. The van der Waals surface area contributed by atoms with E-state index >= 15 is 0 Å². The molecule has 5 aromatic rings. The van der Waals surface area contributed by atoms with Gasteiger partial charge in [-0.3, -0.25) is 9.88 Å². The molecule has 0 spiro atoms. The van der Waals surface area contributed by atoms with Crippen LogP contribution in [0, 0.1) is 0 Å². The van der Waals surface area contributed by atoms with Gasteiger partial charge in [-0.15, -0.1) is 11.3 Å². The van der Waals surface area contributed by atoms with Gasteiger partial charge in [0.2, 0.25) is 0 Å². The van der Waals surface area contributed by atoms with Gasteiger partial charge in [-0.1, -0.05) is 24.3 Å². The highest BCUT2D eigenvalue weighted by Gasteiger charge is 2.24. The van der Waals surface area contributed by atoms with E-state index in [0.717, 1.165) is 59.7 Å². The molecule has 0 bridgehead atoms. The van der Waals surface area contributed by atoms with Crippen molar-refractivity contribution in [3.63, 3.8) is 0 Å². The zero-order chi connectivity index (χ0) is 22.9. The molecule has 1 aromatic carbocycles. The molecule has 1 fully saturated rings. The van der Waals surface area contributed by atoms with Crippen LogP contribution in [0.4, 0.5) is 5.82 Å². The monoisotopic (exact) mass is 532 g/mol. The Labute approximate surface area is 210 Å². The molecule has 1 saturated heterocycles. The summed E-state index contributed by atoms with van der Waals surface area (Å²) in [6, 6.07) is 14.9. The Morgan fingerprint density at radius 2 is 1.97 bits per heavy atom. The highest BCUT2D eigenvalue weighted by atomic mass is 79.9. The highest BCUT2D eigenvalue weighted by Crippen LogP contribution is 2.32. The van der Waals surface area contributed by atoms with Crippen molar-refractivity contribution in [1.29, 1.82) is 0 Å². The number of thiophene rings is 1. The van der Waals surface area contributed by atoms with Gasteiger partial charge in [0.15, 0.2) is 5.65 Å². The maximum atomic E-state index is 5.00. The molecule has 8 heteroatoms. The van der Waals surface area contributed by atoms with E-state index in [1.54, 1.807) is 6.20 Å². The number of fused-ring (bicyclic) bond motifs is 2. The fourth-order valence-corrected chi connectivity index (χ4v) is 6.07. The number of piperidine rings is 1. The highest BCUT2D eigenvalue weighted by molar-refractivity contribution is 9.10. The van der Waals surface area contributed by atoms with Crippen LogP contribution < -0.4 is 5.32 Å². The Morgan fingerprint density at radius 3 is 2.82 bits per heavy atom. The van der Waals surface area contributed by atoms with Crippen molar-refractivity contribution in [3.8, 4) is 0 Å². The standard InChI is InChI=1S/C26H25BrN6S/c27-22-15-30-33-25(29-14-18-4-3-9-28-13-18)12-23(31-26(22)33)19-7-10-32(11-8-19)16-20-17-34-24-6-2-1-5-21(20)24/h1-6,9,12-13,15,17,19,29H,7-8,10-11,14,16H2. The van der Waals surface area contributed by atoms with Crippen molar-refractivity contribution in [3.05, 3.63) is 87.7 Å². The number of halogens is 1. The number of hydrogen-bond donors (Lipinski definition) is 1. The summed E-state index contributed by atoms with van der Waals surface area (Å²) in [7, 11) is 0. The van der Waals surface area contributed by atoms with Crippen molar-refractivity contribution in [2.75, 3.05) is 18.4 Å². The fourth-order valence-electron chi connectivity index (χ4n) is 4.77. The summed E-state index contributed by atoms with van der Waals surface area (Å²) in [6.45, 7) is 3.88. The summed E-state index contributed by atoms with van der Waals surface area (Å²) < 4.78 is 4.17. The smallest absolute Gasteiger partial charge is 0.171 e. The molecule has 0 saturated carbocycles. The van der Waals surface area contributed by atoms with Crippen LogP contribution in [-0.4, -0.2) is 37.6 Å². The van der Waals surface area contributed by atoms with Gasteiger partial charge < -0.3 is 5.32 Å². The summed E-state index contributed by atoms with van der Waals surface area (Å²) in [5.41, 5.74) is 4.58. The molecule has 172 valence electrons. The molecule has 1 N–H and O–H groups in total. The summed E-state index contributed by atoms with van der Waals surface area (Å²) in [5.74, 6) is 1.41. The van der Waals surface area contributed by atoms with Crippen LogP contribution in [0.1, 0.15) is 35.6 Å². The first-order chi connectivity index (χ1) is 16.7. The molecule has 0 radical (unpaired) electrons. The van der Waals surface area contributed by atoms with Gasteiger partial charge in [0, 0.05) is 47.9 Å². The third kappa shape index (κ3) is 4.33. The van der Waals surface area contributed by atoms with Gasteiger partial charge in [0.05, 0.1) is 10.7 Å². The Balaban J connectivity index is 1.18. The Morgan fingerprint density at radius 1 is 1.09 bits per heavy atom. The molecule has 34 heavy (non-hydrogen) atoms. The number of nitrogens with zero attached hydrogens (tertiary/aromatic N) is 5. The van der Waals surface area contributed by atoms with Crippen molar-refractivity contribution < 1.29 is 0 Å². The van der Waals surface area contributed by atoms with Crippen LogP contribution in [-0.2, 0) is 13.1 Å². The minimum Gasteiger partial charge on any atom is -0.366 e. The summed E-state index contributed by atoms with van der Waals surface area (Å²) in [5, 5.41) is 11.8. The van der Waals surface area contributed by atoms with E-state index in [0.29, 0.717) is 12.5 Å². The first-order valence-corrected chi connectivity index (χ1v) is 13.3. The number of pyridine rings is 1. The molecule has 0 atom stereocenters. The second-order valence-corrected chi connectivity index (χ2v) is 10.6. The number of rotatable bonds is 6. The molecule has 0 unspecified atom stereocenters. The van der Waals surface area contributed by atoms with Gasteiger partial charge in [-0.2, -0.15) is 9.61 Å². The summed E-state index contributed by atoms with van der Waals surface area (Å²) >= 11 is 5.47. The normalized spacial score (nSPS) is 15.3. The molecule has 1 aliphatic heterocycles. The van der Waals surface area contributed by atoms with E-state index in [2.05, 4.69) is 78.0 Å². The van der Waals surface area contributed by atoms with Crippen molar-refractivity contribution in [2.45, 2.75) is 31.8 Å². The Kier molecular flexibility index (Phi) is 6.03. The van der Waals surface area contributed by atoms with E-state index in [-0.39, 0.29) is 0 Å². The van der Waals surface area contributed by atoms with Crippen LogP contribution in [0.15, 0.2) is 70.9 Å². The number of hydrogen-bond acceptors (Lipinski definition) is 6.